The van der Waals surface area contributed by atoms with Crippen LogP contribution in [0.4, 0.5) is 5.95 Å². The number of rotatable bonds is 2. The molecule has 0 spiro atoms. The average molecular weight is 270 g/mol. The third-order valence-electron chi connectivity index (χ3n) is 3.16. The summed E-state index contributed by atoms with van der Waals surface area (Å²) in [5, 5.41) is 0. The molecule has 2 rings (SSSR count). The van der Waals surface area contributed by atoms with E-state index < -0.39 is 0 Å². The Balaban J connectivity index is 2.20. The Morgan fingerprint density at radius 2 is 2.13 bits per heavy atom. The molecule has 1 aromatic rings. The molecular weight excluding hydrogens is 254 g/mol. The number of anilines is 1. The molecule has 1 aliphatic rings. The summed E-state index contributed by atoms with van der Waals surface area (Å²) in [5.41, 5.74) is 0. The van der Waals surface area contributed by atoms with Gasteiger partial charge in [0.1, 0.15) is 0 Å². The zero-order valence-electron chi connectivity index (χ0n) is 9.15. The average Bonchev–Trinajstić information content (AvgIpc) is 2.61. The summed E-state index contributed by atoms with van der Waals surface area (Å²) in [7, 11) is 0. The Kier molecular flexibility index (Phi) is 3.24. The summed E-state index contributed by atoms with van der Waals surface area (Å²) < 4.78 is 0.937. The van der Waals surface area contributed by atoms with Crippen molar-refractivity contribution in [1.29, 1.82) is 0 Å². The van der Waals surface area contributed by atoms with Gasteiger partial charge < -0.3 is 4.90 Å². The molecule has 1 saturated heterocycles. The second-order valence-corrected chi connectivity index (χ2v) is 5.05. The Hall–Kier alpha value is -0.640. The van der Waals surface area contributed by atoms with Crippen LogP contribution < -0.4 is 4.90 Å². The molecule has 1 aliphatic heterocycles. The molecule has 1 fully saturated rings. The van der Waals surface area contributed by atoms with Crippen molar-refractivity contribution in [2.75, 3.05) is 11.4 Å². The smallest absolute Gasteiger partial charge is 0.225 e. The van der Waals surface area contributed by atoms with E-state index in [9.17, 15) is 0 Å². The van der Waals surface area contributed by atoms with Gasteiger partial charge in [0.05, 0.1) is 4.47 Å². The molecule has 2 heterocycles. The first-order valence-corrected chi connectivity index (χ1v) is 6.26. The van der Waals surface area contributed by atoms with Crippen LogP contribution >= 0.6 is 15.9 Å². The molecule has 0 bridgehead atoms. The van der Waals surface area contributed by atoms with E-state index in [4.69, 9.17) is 0 Å². The van der Waals surface area contributed by atoms with Gasteiger partial charge in [0.2, 0.25) is 5.95 Å². The van der Waals surface area contributed by atoms with Gasteiger partial charge in [0, 0.05) is 25.0 Å². The van der Waals surface area contributed by atoms with Crippen LogP contribution in [0.3, 0.4) is 0 Å². The molecule has 0 aliphatic carbocycles. The number of nitrogens with zero attached hydrogens (tertiary/aromatic N) is 3. The molecule has 15 heavy (non-hydrogen) atoms. The largest absolute Gasteiger partial charge is 0.338 e. The summed E-state index contributed by atoms with van der Waals surface area (Å²) in [6.45, 7) is 5.63. The van der Waals surface area contributed by atoms with Crippen LogP contribution in [-0.2, 0) is 0 Å². The molecular formula is C11H16BrN3. The van der Waals surface area contributed by atoms with E-state index in [1.807, 2.05) is 12.4 Å². The van der Waals surface area contributed by atoms with Gasteiger partial charge in [-0.1, -0.05) is 13.8 Å². The van der Waals surface area contributed by atoms with Gasteiger partial charge in [0.25, 0.3) is 0 Å². The zero-order valence-corrected chi connectivity index (χ0v) is 10.7. The highest BCUT2D eigenvalue weighted by Gasteiger charge is 2.31. The summed E-state index contributed by atoms with van der Waals surface area (Å²) in [6.07, 6.45) is 6.05. The number of hydrogen-bond donors (Lipinski definition) is 0. The Morgan fingerprint density at radius 1 is 1.47 bits per heavy atom. The standard InChI is InChI=1S/C11H16BrN3/c1-3-10-8(2)4-5-15(10)11-13-6-9(12)7-14-11/h6-8,10H,3-5H2,1-2H3. The van der Waals surface area contributed by atoms with Crippen LogP contribution in [0.25, 0.3) is 0 Å². The first-order valence-electron chi connectivity index (χ1n) is 5.46. The van der Waals surface area contributed by atoms with Crippen LogP contribution in [-0.4, -0.2) is 22.6 Å². The van der Waals surface area contributed by atoms with Crippen molar-refractivity contribution in [3.05, 3.63) is 16.9 Å². The van der Waals surface area contributed by atoms with Crippen molar-refractivity contribution >= 4 is 21.9 Å². The second kappa shape index (κ2) is 4.47. The first-order chi connectivity index (χ1) is 7.22. The molecule has 0 N–H and O–H groups in total. The zero-order chi connectivity index (χ0) is 10.8. The highest BCUT2D eigenvalue weighted by Crippen LogP contribution is 2.29. The van der Waals surface area contributed by atoms with Crippen LogP contribution in [0.1, 0.15) is 26.7 Å². The maximum Gasteiger partial charge on any atom is 0.225 e. The highest BCUT2D eigenvalue weighted by molar-refractivity contribution is 9.10. The molecule has 2 atom stereocenters. The molecule has 0 amide bonds. The molecule has 0 saturated carbocycles. The van der Waals surface area contributed by atoms with Crippen LogP contribution in [0.5, 0.6) is 0 Å². The molecule has 0 radical (unpaired) electrons. The molecule has 3 nitrogen and oxygen atoms in total. The van der Waals surface area contributed by atoms with Gasteiger partial charge in [0.15, 0.2) is 0 Å². The van der Waals surface area contributed by atoms with E-state index in [0.29, 0.717) is 6.04 Å². The summed E-state index contributed by atoms with van der Waals surface area (Å²) >= 11 is 3.35. The lowest BCUT2D eigenvalue weighted by atomic mass is 10.0. The van der Waals surface area contributed by atoms with Crippen molar-refractivity contribution in [2.24, 2.45) is 5.92 Å². The predicted octanol–water partition coefficient (Wildman–Crippen LogP) is 2.86. The second-order valence-electron chi connectivity index (χ2n) is 4.14. The fourth-order valence-electron chi connectivity index (χ4n) is 2.33. The summed E-state index contributed by atoms with van der Waals surface area (Å²) in [5.74, 6) is 1.62. The van der Waals surface area contributed by atoms with Crippen LogP contribution in [0, 0.1) is 5.92 Å². The molecule has 2 unspecified atom stereocenters. The normalized spacial score (nSPS) is 25.9. The quantitative estimate of drug-likeness (QED) is 0.827. The van der Waals surface area contributed by atoms with Crippen molar-refractivity contribution in [1.82, 2.24) is 9.97 Å². The molecule has 82 valence electrons. The number of halogens is 1. The van der Waals surface area contributed by atoms with Gasteiger partial charge in [-0.05, 0) is 34.7 Å². The fourth-order valence-corrected chi connectivity index (χ4v) is 2.54. The van der Waals surface area contributed by atoms with E-state index in [-0.39, 0.29) is 0 Å². The van der Waals surface area contributed by atoms with Gasteiger partial charge in [-0.3, -0.25) is 0 Å². The maximum absolute atomic E-state index is 4.36. The third kappa shape index (κ3) is 2.14. The minimum Gasteiger partial charge on any atom is -0.338 e. The van der Waals surface area contributed by atoms with Gasteiger partial charge >= 0.3 is 0 Å². The lowest BCUT2D eigenvalue weighted by molar-refractivity contribution is 0.495. The molecule has 4 heteroatoms. The third-order valence-corrected chi connectivity index (χ3v) is 3.57. The Labute approximate surface area is 99.0 Å². The van der Waals surface area contributed by atoms with Crippen molar-refractivity contribution in [3.63, 3.8) is 0 Å². The molecule has 1 aromatic heterocycles. The SMILES string of the molecule is CCC1C(C)CCN1c1ncc(Br)cn1. The van der Waals surface area contributed by atoms with Gasteiger partial charge in [-0.2, -0.15) is 0 Å². The lowest BCUT2D eigenvalue weighted by Gasteiger charge is -2.25. The number of hydrogen-bond acceptors (Lipinski definition) is 3. The minimum absolute atomic E-state index is 0.603. The topological polar surface area (TPSA) is 29.0 Å². The summed E-state index contributed by atoms with van der Waals surface area (Å²) in [4.78, 5) is 11.1. The van der Waals surface area contributed by atoms with E-state index in [0.717, 1.165) is 22.9 Å². The van der Waals surface area contributed by atoms with Crippen LogP contribution in [0.15, 0.2) is 16.9 Å². The van der Waals surface area contributed by atoms with E-state index >= 15 is 0 Å². The minimum atomic E-state index is 0.603. The lowest BCUT2D eigenvalue weighted by Crippen LogP contribution is -2.32. The van der Waals surface area contributed by atoms with Crippen molar-refractivity contribution in [3.8, 4) is 0 Å². The fraction of sp³-hybridized carbons (Fsp3) is 0.636. The maximum atomic E-state index is 4.36. The van der Waals surface area contributed by atoms with Crippen molar-refractivity contribution < 1.29 is 0 Å². The van der Waals surface area contributed by atoms with E-state index in [1.165, 1.54) is 12.8 Å². The predicted molar refractivity (Wildman–Crippen MR) is 64.9 cm³/mol. The highest BCUT2D eigenvalue weighted by atomic mass is 79.9. The number of aromatic nitrogens is 2. The van der Waals surface area contributed by atoms with E-state index in [2.05, 4.69) is 44.6 Å². The summed E-state index contributed by atoms with van der Waals surface area (Å²) in [6, 6.07) is 0.603. The van der Waals surface area contributed by atoms with Crippen molar-refractivity contribution in [2.45, 2.75) is 32.7 Å². The monoisotopic (exact) mass is 269 g/mol. The Bertz CT molecular complexity index is 325. The van der Waals surface area contributed by atoms with E-state index in [1.54, 1.807) is 0 Å². The van der Waals surface area contributed by atoms with Crippen LogP contribution in [0.2, 0.25) is 0 Å². The Morgan fingerprint density at radius 3 is 2.73 bits per heavy atom. The van der Waals surface area contributed by atoms with Gasteiger partial charge in [-0.25, -0.2) is 9.97 Å². The first kappa shape index (κ1) is 10.9. The van der Waals surface area contributed by atoms with Gasteiger partial charge in [-0.15, -0.1) is 0 Å². The molecule has 0 aromatic carbocycles.